The zero-order chi connectivity index (χ0) is 14.0. The van der Waals surface area contributed by atoms with Gasteiger partial charge in [0, 0.05) is 24.7 Å². The van der Waals surface area contributed by atoms with Gasteiger partial charge in [-0.1, -0.05) is 19.8 Å². The van der Waals surface area contributed by atoms with Gasteiger partial charge in [-0.2, -0.15) is 0 Å². The molecule has 1 aliphatic rings. The third-order valence-corrected chi connectivity index (χ3v) is 3.93. The van der Waals surface area contributed by atoms with E-state index >= 15 is 0 Å². The van der Waals surface area contributed by atoms with E-state index in [0.717, 1.165) is 19.3 Å². The predicted octanol–water partition coefficient (Wildman–Crippen LogP) is 2.75. The highest BCUT2D eigenvalue weighted by atomic mass is 16.3. The first kappa shape index (κ1) is 13.7. The number of phenolic OH excluding ortho intramolecular Hbond substituents is 2. The Balaban J connectivity index is 2.13. The van der Waals surface area contributed by atoms with Crippen LogP contribution >= 0.6 is 0 Å². The smallest absolute Gasteiger partial charge is 0.254 e. The van der Waals surface area contributed by atoms with Crippen molar-refractivity contribution in [1.82, 2.24) is 4.90 Å². The molecule has 2 unspecified atom stereocenters. The van der Waals surface area contributed by atoms with Crippen LogP contribution in [0.1, 0.15) is 43.0 Å². The van der Waals surface area contributed by atoms with Crippen molar-refractivity contribution in [1.29, 1.82) is 0 Å². The van der Waals surface area contributed by atoms with Crippen molar-refractivity contribution in [3.63, 3.8) is 0 Å². The Labute approximate surface area is 113 Å². The SMILES string of the molecule is CC1CCCC(N(C)C(=O)c2cc(O)cc(O)c2)C1. The Morgan fingerprint density at radius 3 is 2.42 bits per heavy atom. The number of hydrogen-bond acceptors (Lipinski definition) is 3. The van der Waals surface area contributed by atoms with E-state index in [1.807, 2.05) is 0 Å². The Morgan fingerprint density at radius 2 is 1.84 bits per heavy atom. The summed E-state index contributed by atoms with van der Waals surface area (Å²) in [5.74, 6) is 0.319. The topological polar surface area (TPSA) is 60.8 Å². The minimum absolute atomic E-state index is 0.0891. The van der Waals surface area contributed by atoms with Gasteiger partial charge in [-0.15, -0.1) is 0 Å². The lowest BCUT2D eigenvalue weighted by molar-refractivity contribution is 0.0671. The van der Waals surface area contributed by atoms with Crippen LogP contribution in [0.3, 0.4) is 0 Å². The molecule has 0 spiro atoms. The van der Waals surface area contributed by atoms with E-state index in [0.29, 0.717) is 11.5 Å². The normalized spacial score (nSPS) is 23.1. The minimum atomic E-state index is -0.148. The van der Waals surface area contributed by atoms with Crippen molar-refractivity contribution in [2.24, 2.45) is 5.92 Å². The molecule has 0 saturated heterocycles. The van der Waals surface area contributed by atoms with E-state index in [1.54, 1.807) is 11.9 Å². The highest BCUT2D eigenvalue weighted by Crippen LogP contribution is 2.28. The third-order valence-electron chi connectivity index (χ3n) is 3.93. The summed E-state index contributed by atoms with van der Waals surface area (Å²) in [6, 6.07) is 4.26. The lowest BCUT2D eigenvalue weighted by atomic mass is 9.86. The molecular formula is C15H21NO3. The first-order valence-corrected chi connectivity index (χ1v) is 6.77. The molecule has 1 amide bonds. The molecule has 0 heterocycles. The van der Waals surface area contributed by atoms with Crippen LogP contribution in [0.15, 0.2) is 18.2 Å². The second-order valence-electron chi connectivity index (χ2n) is 5.58. The van der Waals surface area contributed by atoms with Gasteiger partial charge in [0.25, 0.3) is 5.91 Å². The lowest BCUT2D eigenvalue weighted by Crippen LogP contribution is -2.39. The van der Waals surface area contributed by atoms with Crippen LogP contribution in [0, 0.1) is 5.92 Å². The van der Waals surface area contributed by atoms with Crippen LogP contribution in [0.25, 0.3) is 0 Å². The maximum atomic E-state index is 12.4. The Hall–Kier alpha value is -1.71. The molecule has 4 heteroatoms. The molecule has 2 rings (SSSR count). The number of rotatable bonds is 2. The van der Waals surface area contributed by atoms with Crippen molar-refractivity contribution >= 4 is 5.91 Å². The van der Waals surface area contributed by atoms with Crippen LogP contribution in [0.5, 0.6) is 11.5 Å². The summed E-state index contributed by atoms with van der Waals surface area (Å²) in [5, 5.41) is 18.9. The van der Waals surface area contributed by atoms with E-state index < -0.39 is 0 Å². The van der Waals surface area contributed by atoms with E-state index in [2.05, 4.69) is 6.92 Å². The molecule has 0 bridgehead atoms. The summed E-state index contributed by atoms with van der Waals surface area (Å²) in [5.41, 5.74) is 0.332. The molecular weight excluding hydrogens is 242 g/mol. The van der Waals surface area contributed by atoms with Gasteiger partial charge in [0.05, 0.1) is 0 Å². The molecule has 0 aliphatic heterocycles. The van der Waals surface area contributed by atoms with Crippen molar-refractivity contribution in [2.75, 3.05) is 7.05 Å². The highest BCUT2D eigenvalue weighted by molar-refractivity contribution is 5.95. The minimum Gasteiger partial charge on any atom is -0.508 e. The van der Waals surface area contributed by atoms with E-state index in [-0.39, 0.29) is 23.4 Å². The Morgan fingerprint density at radius 1 is 1.21 bits per heavy atom. The molecule has 1 saturated carbocycles. The first-order valence-electron chi connectivity index (χ1n) is 6.77. The van der Waals surface area contributed by atoms with Gasteiger partial charge in [0.15, 0.2) is 0 Å². The number of carbonyl (C=O) groups is 1. The van der Waals surface area contributed by atoms with E-state index in [1.165, 1.54) is 24.6 Å². The summed E-state index contributed by atoms with van der Waals surface area (Å²) in [6.07, 6.45) is 4.42. The monoisotopic (exact) mass is 263 g/mol. The maximum Gasteiger partial charge on any atom is 0.254 e. The molecule has 0 radical (unpaired) electrons. The molecule has 4 nitrogen and oxygen atoms in total. The average Bonchev–Trinajstić information content (AvgIpc) is 2.36. The molecule has 2 atom stereocenters. The maximum absolute atomic E-state index is 12.4. The first-order chi connectivity index (χ1) is 8.97. The average molecular weight is 263 g/mol. The van der Waals surface area contributed by atoms with Crippen molar-refractivity contribution in [3.8, 4) is 11.5 Å². The number of benzene rings is 1. The van der Waals surface area contributed by atoms with Crippen LogP contribution < -0.4 is 0 Å². The third kappa shape index (κ3) is 3.19. The second kappa shape index (κ2) is 5.51. The van der Waals surface area contributed by atoms with E-state index in [9.17, 15) is 15.0 Å². The number of aromatic hydroxyl groups is 2. The van der Waals surface area contributed by atoms with Gasteiger partial charge >= 0.3 is 0 Å². The molecule has 104 valence electrons. The number of amides is 1. The van der Waals surface area contributed by atoms with Gasteiger partial charge < -0.3 is 15.1 Å². The van der Waals surface area contributed by atoms with Crippen LogP contribution in [-0.2, 0) is 0 Å². The number of nitrogens with zero attached hydrogens (tertiary/aromatic N) is 1. The summed E-state index contributed by atoms with van der Waals surface area (Å²) < 4.78 is 0. The fourth-order valence-electron chi connectivity index (χ4n) is 2.84. The van der Waals surface area contributed by atoms with Crippen LogP contribution in [0.4, 0.5) is 0 Å². The van der Waals surface area contributed by atoms with Crippen molar-refractivity contribution < 1.29 is 15.0 Å². The highest BCUT2D eigenvalue weighted by Gasteiger charge is 2.26. The summed E-state index contributed by atoms with van der Waals surface area (Å²) >= 11 is 0. The standard InChI is InChI=1S/C15H21NO3/c1-10-4-3-5-12(6-10)16(2)15(19)11-7-13(17)9-14(18)8-11/h7-10,12,17-18H,3-6H2,1-2H3. The number of phenols is 2. The van der Waals surface area contributed by atoms with Gasteiger partial charge in [0.1, 0.15) is 11.5 Å². The summed E-state index contributed by atoms with van der Waals surface area (Å²) in [7, 11) is 1.80. The number of hydrogen-bond donors (Lipinski definition) is 2. The molecule has 1 aliphatic carbocycles. The van der Waals surface area contributed by atoms with E-state index in [4.69, 9.17) is 0 Å². The summed E-state index contributed by atoms with van der Waals surface area (Å²) in [4.78, 5) is 14.1. The molecule has 19 heavy (non-hydrogen) atoms. The number of carbonyl (C=O) groups excluding carboxylic acids is 1. The van der Waals surface area contributed by atoms with Crippen LogP contribution in [-0.4, -0.2) is 34.1 Å². The van der Waals surface area contributed by atoms with Crippen molar-refractivity contribution in [2.45, 2.75) is 38.6 Å². The van der Waals surface area contributed by atoms with Gasteiger partial charge in [-0.3, -0.25) is 4.79 Å². The molecule has 2 N–H and O–H groups in total. The Bertz CT molecular complexity index is 452. The summed E-state index contributed by atoms with van der Waals surface area (Å²) in [6.45, 7) is 2.21. The van der Waals surface area contributed by atoms with Crippen LogP contribution in [0.2, 0.25) is 0 Å². The zero-order valence-electron chi connectivity index (χ0n) is 11.5. The quantitative estimate of drug-likeness (QED) is 0.862. The largest absolute Gasteiger partial charge is 0.508 e. The molecule has 1 aromatic carbocycles. The molecule has 1 fully saturated rings. The zero-order valence-corrected chi connectivity index (χ0v) is 11.5. The molecule has 1 aromatic rings. The predicted molar refractivity (Wildman–Crippen MR) is 73.3 cm³/mol. The van der Waals surface area contributed by atoms with Crippen molar-refractivity contribution in [3.05, 3.63) is 23.8 Å². The van der Waals surface area contributed by atoms with Gasteiger partial charge in [-0.25, -0.2) is 0 Å². The van der Waals surface area contributed by atoms with Gasteiger partial charge in [-0.05, 0) is 30.9 Å². The second-order valence-corrected chi connectivity index (χ2v) is 5.58. The molecule has 0 aromatic heterocycles. The fourth-order valence-corrected chi connectivity index (χ4v) is 2.84. The lowest BCUT2D eigenvalue weighted by Gasteiger charge is -2.34. The fraction of sp³-hybridized carbons (Fsp3) is 0.533. The van der Waals surface area contributed by atoms with Gasteiger partial charge in [0.2, 0.25) is 0 Å². The Kier molecular flexibility index (Phi) is 3.98.